The molecular weight excluding hydrogens is 310 g/mol. The standard InChI is InChI=1S/C13H18BrN3O2/c1-8(12(18)16-2)7-17(3)13(19)10-6-9(14)4-5-11(10)15/h4-6,8H,7,15H2,1-3H3,(H,16,18). The van der Waals surface area contributed by atoms with E-state index in [2.05, 4.69) is 21.2 Å². The molecule has 1 aromatic rings. The van der Waals surface area contributed by atoms with E-state index in [4.69, 9.17) is 5.73 Å². The number of carbonyl (C=O) groups is 2. The zero-order valence-corrected chi connectivity index (χ0v) is 12.8. The van der Waals surface area contributed by atoms with Gasteiger partial charge in [-0.15, -0.1) is 0 Å². The summed E-state index contributed by atoms with van der Waals surface area (Å²) in [6.45, 7) is 2.11. The molecule has 0 aliphatic rings. The second kappa shape index (κ2) is 6.56. The number of halogens is 1. The Morgan fingerprint density at radius 2 is 2.11 bits per heavy atom. The van der Waals surface area contributed by atoms with Crippen LogP contribution in [0.25, 0.3) is 0 Å². The van der Waals surface area contributed by atoms with Crippen LogP contribution in [0.2, 0.25) is 0 Å². The summed E-state index contributed by atoms with van der Waals surface area (Å²) in [4.78, 5) is 25.2. The topological polar surface area (TPSA) is 75.4 Å². The van der Waals surface area contributed by atoms with Gasteiger partial charge in [-0.3, -0.25) is 9.59 Å². The minimum Gasteiger partial charge on any atom is -0.398 e. The number of carbonyl (C=O) groups excluding carboxylic acids is 2. The summed E-state index contributed by atoms with van der Waals surface area (Å²) < 4.78 is 0.790. The van der Waals surface area contributed by atoms with Gasteiger partial charge >= 0.3 is 0 Å². The van der Waals surface area contributed by atoms with Crippen LogP contribution in [-0.2, 0) is 4.79 Å². The van der Waals surface area contributed by atoms with Crippen molar-refractivity contribution in [3.63, 3.8) is 0 Å². The third kappa shape index (κ3) is 3.96. The molecule has 104 valence electrons. The molecule has 1 aromatic carbocycles. The van der Waals surface area contributed by atoms with Crippen molar-refractivity contribution in [2.45, 2.75) is 6.92 Å². The molecule has 0 bridgehead atoms. The van der Waals surface area contributed by atoms with Gasteiger partial charge < -0.3 is 16.0 Å². The Kier molecular flexibility index (Phi) is 5.35. The number of hydrogen-bond donors (Lipinski definition) is 2. The third-order valence-electron chi connectivity index (χ3n) is 2.83. The zero-order valence-electron chi connectivity index (χ0n) is 11.2. The van der Waals surface area contributed by atoms with Crippen molar-refractivity contribution in [3.05, 3.63) is 28.2 Å². The molecule has 0 saturated carbocycles. The first kappa shape index (κ1) is 15.5. The van der Waals surface area contributed by atoms with Crippen molar-refractivity contribution >= 4 is 33.4 Å². The summed E-state index contributed by atoms with van der Waals surface area (Å²) in [6, 6.07) is 5.13. The lowest BCUT2D eigenvalue weighted by molar-refractivity contribution is -0.124. The first-order valence-corrected chi connectivity index (χ1v) is 6.68. The maximum Gasteiger partial charge on any atom is 0.255 e. The molecule has 6 heteroatoms. The first-order chi connectivity index (χ1) is 8.86. The first-order valence-electron chi connectivity index (χ1n) is 5.89. The lowest BCUT2D eigenvalue weighted by Gasteiger charge is -2.21. The van der Waals surface area contributed by atoms with Crippen LogP contribution in [0.1, 0.15) is 17.3 Å². The summed E-state index contributed by atoms with van der Waals surface area (Å²) in [5.41, 5.74) is 6.65. The van der Waals surface area contributed by atoms with Crippen LogP contribution in [0.15, 0.2) is 22.7 Å². The van der Waals surface area contributed by atoms with E-state index in [9.17, 15) is 9.59 Å². The predicted octanol–water partition coefficient (Wildman–Crippen LogP) is 1.49. The number of nitrogen functional groups attached to an aromatic ring is 1. The van der Waals surface area contributed by atoms with E-state index in [0.29, 0.717) is 17.8 Å². The molecule has 0 aliphatic carbocycles. The van der Waals surface area contributed by atoms with Crippen LogP contribution in [0, 0.1) is 5.92 Å². The monoisotopic (exact) mass is 327 g/mol. The molecule has 3 N–H and O–H groups in total. The Morgan fingerprint density at radius 3 is 2.68 bits per heavy atom. The van der Waals surface area contributed by atoms with Crippen LogP contribution in [0.5, 0.6) is 0 Å². The van der Waals surface area contributed by atoms with E-state index in [1.165, 1.54) is 4.90 Å². The fraction of sp³-hybridized carbons (Fsp3) is 0.385. The average Bonchev–Trinajstić information content (AvgIpc) is 2.39. The molecule has 1 unspecified atom stereocenters. The highest BCUT2D eigenvalue weighted by molar-refractivity contribution is 9.10. The number of anilines is 1. The number of rotatable bonds is 4. The Hall–Kier alpha value is -1.56. The Bertz CT molecular complexity index is 491. The molecule has 0 saturated heterocycles. The lowest BCUT2D eigenvalue weighted by atomic mass is 10.1. The van der Waals surface area contributed by atoms with Crippen LogP contribution in [-0.4, -0.2) is 37.4 Å². The summed E-state index contributed by atoms with van der Waals surface area (Å²) in [5.74, 6) is -0.566. The zero-order chi connectivity index (χ0) is 14.6. The minimum atomic E-state index is -0.271. The molecule has 0 heterocycles. The molecule has 2 amide bonds. The van der Waals surface area contributed by atoms with Crippen LogP contribution < -0.4 is 11.1 Å². The molecule has 0 aliphatic heterocycles. The van der Waals surface area contributed by atoms with Crippen molar-refractivity contribution in [1.29, 1.82) is 0 Å². The van der Waals surface area contributed by atoms with Crippen molar-refractivity contribution in [3.8, 4) is 0 Å². The van der Waals surface area contributed by atoms with E-state index in [1.54, 1.807) is 39.2 Å². The van der Waals surface area contributed by atoms with Gasteiger partial charge in [-0.25, -0.2) is 0 Å². The Labute approximate surface area is 121 Å². The number of nitrogens with two attached hydrogens (primary N) is 1. The van der Waals surface area contributed by atoms with Gasteiger partial charge in [0.2, 0.25) is 5.91 Å². The fourth-order valence-electron chi connectivity index (χ4n) is 1.74. The highest BCUT2D eigenvalue weighted by Gasteiger charge is 2.20. The molecule has 1 rings (SSSR count). The molecule has 0 spiro atoms. The fourth-order valence-corrected chi connectivity index (χ4v) is 2.10. The lowest BCUT2D eigenvalue weighted by Crippen LogP contribution is -2.37. The molecule has 0 radical (unpaired) electrons. The van der Waals surface area contributed by atoms with Gasteiger partial charge in [0.15, 0.2) is 0 Å². The molecule has 19 heavy (non-hydrogen) atoms. The van der Waals surface area contributed by atoms with Gasteiger partial charge in [0, 0.05) is 30.8 Å². The summed E-state index contributed by atoms with van der Waals surface area (Å²) in [5, 5.41) is 2.56. The molecule has 0 aromatic heterocycles. The van der Waals surface area contributed by atoms with Gasteiger partial charge in [0.05, 0.1) is 11.5 Å². The predicted molar refractivity (Wildman–Crippen MR) is 78.7 cm³/mol. The molecule has 1 atom stereocenters. The van der Waals surface area contributed by atoms with E-state index in [0.717, 1.165) is 4.47 Å². The van der Waals surface area contributed by atoms with Crippen LogP contribution in [0.4, 0.5) is 5.69 Å². The van der Waals surface area contributed by atoms with E-state index < -0.39 is 0 Å². The molecule has 5 nitrogen and oxygen atoms in total. The van der Waals surface area contributed by atoms with Crippen LogP contribution in [0.3, 0.4) is 0 Å². The molecule has 0 fully saturated rings. The summed E-state index contributed by atoms with van der Waals surface area (Å²) in [7, 11) is 3.23. The minimum absolute atomic E-state index is 0.0955. The average molecular weight is 328 g/mol. The van der Waals surface area contributed by atoms with Gasteiger partial charge in [-0.05, 0) is 18.2 Å². The maximum atomic E-state index is 12.3. The quantitative estimate of drug-likeness (QED) is 0.822. The van der Waals surface area contributed by atoms with E-state index >= 15 is 0 Å². The number of hydrogen-bond acceptors (Lipinski definition) is 3. The van der Waals surface area contributed by atoms with Gasteiger partial charge in [-0.2, -0.15) is 0 Å². The van der Waals surface area contributed by atoms with Crippen molar-refractivity contribution in [2.75, 3.05) is 26.4 Å². The van der Waals surface area contributed by atoms with Crippen LogP contribution >= 0.6 is 15.9 Å². The summed E-state index contributed by atoms with van der Waals surface area (Å²) in [6.07, 6.45) is 0. The van der Waals surface area contributed by atoms with Crippen molar-refractivity contribution in [2.24, 2.45) is 5.92 Å². The maximum absolute atomic E-state index is 12.3. The van der Waals surface area contributed by atoms with Gasteiger partial charge in [-0.1, -0.05) is 22.9 Å². The normalized spacial score (nSPS) is 11.8. The number of nitrogens with one attached hydrogen (secondary N) is 1. The van der Waals surface area contributed by atoms with E-state index in [1.807, 2.05) is 0 Å². The summed E-state index contributed by atoms with van der Waals surface area (Å²) >= 11 is 3.31. The SMILES string of the molecule is CNC(=O)C(C)CN(C)C(=O)c1cc(Br)ccc1N. The Balaban J connectivity index is 2.82. The number of amides is 2. The molecular formula is C13H18BrN3O2. The van der Waals surface area contributed by atoms with Crippen molar-refractivity contribution < 1.29 is 9.59 Å². The van der Waals surface area contributed by atoms with Crippen molar-refractivity contribution in [1.82, 2.24) is 10.2 Å². The van der Waals surface area contributed by atoms with Gasteiger partial charge in [0.25, 0.3) is 5.91 Å². The highest BCUT2D eigenvalue weighted by atomic mass is 79.9. The smallest absolute Gasteiger partial charge is 0.255 e. The number of nitrogens with zero attached hydrogens (tertiary/aromatic N) is 1. The highest BCUT2D eigenvalue weighted by Crippen LogP contribution is 2.20. The largest absolute Gasteiger partial charge is 0.398 e. The second-order valence-corrected chi connectivity index (χ2v) is 5.35. The van der Waals surface area contributed by atoms with Gasteiger partial charge in [0.1, 0.15) is 0 Å². The number of benzene rings is 1. The van der Waals surface area contributed by atoms with E-state index in [-0.39, 0.29) is 17.7 Å². The third-order valence-corrected chi connectivity index (χ3v) is 3.33. The Morgan fingerprint density at radius 1 is 1.47 bits per heavy atom. The second-order valence-electron chi connectivity index (χ2n) is 4.43.